The summed E-state index contributed by atoms with van der Waals surface area (Å²) in [6.45, 7) is 0.700. The van der Waals surface area contributed by atoms with E-state index in [1.165, 1.54) is 6.26 Å². The predicted octanol–water partition coefficient (Wildman–Crippen LogP) is 1.61. The fraction of sp³-hybridized carbons (Fsp3) is 0.214. The standard InChI is InChI=1S/C14H16N2O4/c1-18-12-4-2-3-10(5-12)7-19-9-13-6-11(8-20-13)14(17)16-15/h2-6,8H,7,9,15H2,1H3,(H,16,17). The molecule has 3 N–H and O–H groups in total. The summed E-state index contributed by atoms with van der Waals surface area (Å²) in [4.78, 5) is 11.2. The van der Waals surface area contributed by atoms with Crippen LogP contribution in [0, 0.1) is 0 Å². The van der Waals surface area contributed by atoms with E-state index >= 15 is 0 Å². The van der Waals surface area contributed by atoms with Crippen molar-refractivity contribution in [3.63, 3.8) is 0 Å². The molecule has 0 spiro atoms. The highest BCUT2D eigenvalue weighted by Gasteiger charge is 2.08. The van der Waals surface area contributed by atoms with Crippen LogP contribution in [-0.4, -0.2) is 13.0 Å². The van der Waals surface area contributed by atoms with E-state index in [4.69, 9.17) is 19.7 Å². The van der Waals surface area contributed by atoms with Crippen LogP contribution < -0.4 is 16.0 Å². The van der Waals surface area contributed by atoms with Crippen molar-refractivity contribution in [1.82, 2.24) is 5.43 Å². The van der Waals surface area contributed by atoms with Gasteiger partial charge in [0.15, 0.2) is 0 Å². The molecule has 2 rings (SSSR count). The molecule has 6 heteroatoms. The number of furan rings is 1. The number of hydrogen-bond donors (Lipinski definition) is 2. The van der Waals surface area contributed by atoms with E-state index in [0.717, 1.165) is 11.3 Å². The van der Waals surface area contributed by atoms with E-state index in [1.54, 1.807) is 13.2 Å². The van der Waals surface area contributed by atoms with Crippen LogP contribution in [0.25, 0.3) is 0 Å². The number of nitrogens with two attached hydrogens (primary N) is 1. The van der Waals surface area contributed by atoms with E-state index < -0.39 is 5.91 Å². The zero-order valence-corrected chi connectivity index (χ0v) is 11.1. The van der Waals surface area contributed by atoms with Gasteiger partial charge >= 0.3 is 0 Å². The molecule has 6 nitrogen and oxygen atoms in total. The van der Waals surface area contributed by atoms with Crippen LogP contribution in [0.1, 0.15) is 21.7 Å². The van der Waals surface area contributed by atoms with Crippen molar-refractivity contribution in [2.75, 3.05) is 7.11 Å². The number of hydrazine groups is 1. The lowest BCUT2D eigenvalue weighted by atomic mass is 10.2. The van der Waals surface area contributed by atoms with E-state index in [2.05, 4.69) is 0 Å². The fourth-order valence-corrected chi connectivity index (χ4v) is 1.69. The summed E-state index contributed by atoms with van der Waals surface area (Å²) in [7, 11) is 1.62. The summed E-state index contributed by atoms with van der Waals surface area (Å²) in [5.74, 6) is 5.98. The van der Waals surface area contributed by atoms with Gasteiger partial charge in [-0.1, -0.05) is 12.1 Å². The molecule has 1 aromatic heterocycles. The smallest absolute Gasteiger partial charge is 0.268 e. The minimum Gasteiger partial charge on any atom is -0.497 e. The Morgan fingerprint density at radius 1 is 1.35 bits per heavy atom. The first-order valence-electron chi connectivity index (χ1n) is 6.02. The van der Waals surface area contributed by atoms with Crippen molar-refractivity contribution in [2.24, 2.45) is 5.84 Å². The first-order valence-corrected chi connectivity index (χ1v) is 6.02. The van der Waals surface area contributed by atoms with Gasteiger partial charge in [0.1, 0.15) is 24.4 Å². The molecule has 0 aliphatic carbocycles. The maximum atomic E-state index is 11.2. The van der Waals surface area contributed by atoms with E-state index in [9.17, 15) is 4.79 Å². The second kappa shape index (κ2) is 6.74. The van der Waals surface area contributed by atoms with Crippen molar-refractivity contribution >= 4 is 5.91 Å². The maximum Gasteiger partial charge on any atom is 0.268 e. The molecule has 0 saturated carbocycles. The Morgan fingerprint density at radius 2 is 2.20 bits per heavy atom. The van der Waals surface area contributed by atoms with Gasteiger partial charge in [-0.3, -0.25) is 10.2 Å². The van der Waals surface area contributed by atoms with Gasteiger partial charge in [0.05, 0.1) is 19.3 Å². The van der Waals surface area contributed by atoms with Crippen LogP contribution in [0.15, 0.2) is 41.0 Å². The molecule has 0 aliphatic rings. The number of hydrogen-bond acceptors (Lipinski definition) is 5. The van der Waals surface area contributed by atoms with E-state index in [0.29, 0.717) is 17.9 Å². The predicted molar refractivity (Wildman–Crippen MR) is 71.8 cm³/mol. The topological polar surface area (TPSA) is 86.7 Å². The summed E-state index contributed by atoms with van der Waals surface area (Å²) >= 11 is 0. The van der Waals surface area contributed by atoms with Crippen LogP contribution in [0.4, 0.5) is 0 Å². The molecule has 20 heavy (non-hydrogen) atoms. The lowest BCUT2D eigenvalue weighted by molar-refractivity contribution is 0.0928. The summed E-state index contributed by atoms with van der Waals surface area (Å²) in [6.07, 6.45) is 1.34. The van der Waals surface area contributed by atoms with Gasteiger partial charge in [-0.05, 0) is 23.8 Å². The van der Waals surface area contributed by atoms with Gasteiger partial charge in [0.25, 0.3) is 5.91 Å². The molecular formula is C14H16N2O4. The summed E-state index contributed by atoms with van der Waals surface area (Å²) in [5, 5.41) is 0. The zero-order valence-electron chi connectivity index (χ0n) is 11.1. The highest BCUT2D eigenvalue weighted by molar-refractivity contribution is 5.93. The number of carbonyl (C=O) groups excluding carboxylic acids is 1. The number of amides is 1. The van der Waals surface area contributed by atoms with Crippen molar-refractivity contribution < 1.29 is 18.7 Å². The van der Waals surface area contributed by atoms with Gasteiger partial charge in [0, 0.05) is 0 Å². The fourth-order valence-electron chi connectivity index (χ4n) is 1.69. The number of nitrogens with one attached hydrogen (secondary N) is 1. The van der Waals surface area contributed by atoms with Gasteiger partial charge in [-0.25, -0.2) is 5.84 Å². The SMILES string of the molecule is COc1cccc(COCc2cc(C(=O)NN)co2)c1. The number of methoxy groups -OCH3 is 1. The number of carbonyl (C=O) groups is 1. The Morgan fingerprint density at radius 3 is 2.95 bits per heavy atom. The monoisotopic (exact) mass is 276 g/mol. The van der Waals surface area contributed by atoms with Crippen molar-refractivity contribution in [1.29, 1.82) is 0 Å². The minimum absolute atomic E-state index is 0.273. The first-order chi connectivity index (χ1) is 9.72. The highest BCUT2D eigenvalue weighted by atomic mass is 16.5. The molecule has 0 saturated heterocycles. The third-order valence-corrected chi connectivity index (χ3v) is 2.69. The molecular weight excluding hydrogens is 260 g/mol. The van der Waals surface area contributed by atoms with E-state index in [1.807, 2.05) is 29.7 Å². The molecule has 2 aromatic rings. The Labute approximate surface area is 116 Å². The molecule has 0 aliphatic heterocycles. The average Bonchev–Trinajstić information content (AvgIpc) is 2.95. The number of benzene rings is 1. The van der Waals surface area contributed by atoms with Gasteiger partial charge in [-0.2, -0.15) is 0 Å². The van der Waals surface area contributed by atoms with Crippen LogP contribution >= 0.6 is 0 Å². The third-order valence-electron chi connectivity index (χ3n) is 2.69. The number of ether oxygens (including phenoxy) is 2. The molecule has 1 heterocycles. The maximum absolute atomic E-state index is 11.2. The van der Waals surface area contributed by atoms with Crippen molar-refractivity contribution in [3.05, 3.63) is 53.5 Å². The van der Waals surface area contributed by atoms with Gasteiger partial charge in [-0.15, -0.1) is 0 Å². The Balaban J connectivity index is 1.86. The molecule has 0 fully saturated rings. The van der Waals surface area contributed by atoms with Crippen LogP contribution in [-0.2, 0) is 18.0 Å². The minimum atomic E-state index is -0.396. The van der Waals surface area contributed by atoms with E-state index in [-0.39, 0.29) is 6.61 Å². The van der Waals surface area contributed by atoms with Gasteiger partial charge in [0.2, 0.25) is 0 Å². The molecule has 1 aromatic carbocycles. The van der Waals surface area contributed by atoms with Crippen LogP contribution in [0.5, 0.6) is 5.75 Å². The molecule has 0 unspecified atom stereocenters. The summed E-state index contributed by atoms with van der Waals surface area (Å²) < 4.78 is 15.9. The first kappa shape index (κ1) is 14.1. The number of rotatable bonds is 6. The van der Waals surface area contributed by atoms with Gasteiger partial charge < -0.3 is 13.9 Å². The number of nitrogen functional groups attached to an aromatic ring is 1. The summed E-state index contributed by atoms with van der Waals surface area (Å²) in [6, 6.07) is 9.20. The molecule has 0 atom stereocenters. The largest absolute Gasteiger partial charge is 0.497 e. The highest BCUT2D eigenvalue weighted by Crippen LogP contribution is 2.14. The normalized spacial score (nSPS) is 10.3. The molecule has 106 valence electrons. The Bertz CT molecular complexity index is 580. The van der Waals surface area contributed by atoms with Crippen molar-refractivity contribution in [3.8, 4) is 5.75 Å². The molecule has 0 bridgehead atoms. The Hall–Kier alpha value is -2.31. The second-order valence-corrected chi connectivity index (χ2v) is 4.12. The quantitative estimate of drug-likeness (QED) is 0.475. The second-order valence-electron chi connectivity index (χ2n) is 4.12. The average molecular weight is 276 g/mol. The lowest BCUT2D eigenvalue weighted by Crippen LogP contribution is -2.29. The lowest BCUT2D eigenvalue weighted by Gasteiger charge is -2.04. The zero-order chi connectivity index (χ0) is 14.4. The van der Waals surface area contributed by atoms with Crippen LogP contribution in [0.2, 0.25) is 0 Å². The molecule has 1 amide bonds. The van der Waals surface area contributed by atoms with Crippen LogP contribution in [0.3, 0.4) is 0 Å². The van der Waals surface area contributed by atoms with Crippen molar-refractivity contribution in [2.45, 2.75) is 13.2 Å². The summed E-state index contributed by atoms with van der Waals surface area (Å²) in [5.41, 5.74) is 3.40. The molecule has 0 radical (unpaired) electrons. The third kappa shape index (κ3) is 3.59. The Kier molecular flexibility index (Phi) is 4.75.